The topological polar surface area (TPSA) is 115 Å². The summed E-state index contributed by atoms with van der Waals surface area (Å²) in [5, 5.41) is 12.6. The van der Waals surface area contributed by atoms with Crippen molar-refractivity contribution >= 4 is 23.5 Å². The number of ether oxygens (including phenoxy) is 2. The number of anilines is 1. The number of rotatable bonds is 7. The maximum Gasteiger partial charge on any atom is 0.417 e. The number of aliphatic hydroxyl groups is 1. The molecule has 10 nitrogen and oxygen atoms in total. The molecule has 5 rings (SSSR count). The van der Waals surface area contributed by atoms with Crippen molar-refractivity contribution in [3.05, 3.63) is 29.3 Å². The van der Waals surface area contributed by atoms with Gasteiger partial charge < -0.3 is 34.6 Å². The second-order valence-corrected chi connectivity index (χ2v) is 11.9. The number of benzene rings is 1. The van der Waals surface area contributed by atoms with E-state index in [4.69, 9.17) is 9.47 Å². The first-order chi connectivity index (χ1) is 20.6. The van der Waals surface area contributed by atoms with Crippen LogP contribution >= 0.6 is 0 Å². The fourth-order valence-electron chi connectivity index (χ4n) is 6.28. The van der Waals surface area contributed by atoms with E-state index in [9.17, 15) is 45.8 Å². The maximum absolute atomic E-state index is 13.5. The third kappa shape index (κ3) is 6.47. The van der Waals surface area contributed by atoms with Crippen molar-refractivity contribution in [1.29, 1.82) is 0 Å². The monoisotopic (exact) mass is 636 g/mol. The van der Waals surface area contributed by atoms with Crippen molar-refractivity contribution in [3.63, 3.8) is 0 Å². The van der Waals surface area contributed by atoms with E-state index in [2.05, 4.69) is 5.32 Å². The fraction of sp³-hybridized carbons (Fsp3) is 0.679. The molecule has 4 fully saturated rings. The SMILES string of the molecule is COC1OC1C(CCC(=O)N1CCC2(CC2)C(O)C1)N1CCN(C(=O)Nc2ccc(C(F)(F)F)c(C(F)(F)F)c2)C(C)C1=O. The van der Waals surface area contributed by atoms with Crippen molar-refractivity contribution in [2.24, 2.45) is 5.41 Å². The van der Waals surface area contributed by atoms with Crippen molar-refractivity contribution in [3.8, 4) is 0 Å². The number of halogens is 6. The van der Waals surface area contributed by atoms with Gasteiger partial charge in [-0.1, -0.05) is 0 Å². The van der Waals surface area contributed by atoms with Crippen LogP contribution in [0.4, 0.5) is 36.8 Å². The summed E-state index contributed by atoms with van der Waals surface area (Å²) in [6.45, 7) is 2.21. The van der Waals surface area contributed by atoms with Gasteiger partial charge in [0, 0.05) is 45.4 Å². The van der Waals surface area contributed by atoms with E-state index >= 15 is 0 Å². The van der Waals surface area contributed by atoms with Gasteiger partial charge in [0.2, 0.25) is 11.8 Å². The summed E-state index contributed by atoms with van der Waals surface area (Å²) in [6, 6.07) is -1.44. The number of β-amino-alcohol motifs (C(OH)–C–C–N with tert-alkyl or cyclic N) is 1. The molecule has 3 heterocycles. The summed E-state index contributed by atoms with van der Waals surface area (Å²) < 4.78 is 90.2. The smallest absolute Gasteiger partial charge is 0.391 e. The minimum absolute atomic E-state index is 0.0114. The summed E-state index contributed by atoms with van der Waals surface area (Å²) in [4.78, 5) is 43.7. The third-order valence-corrected chi connectivity index (χ3v) is 9.21. The molecule has 0 bridgehead atoms. The first kappa shape index (κ1) is 32.3. The van der Waals surface area contributed by atoms with E-state index in [1.165, 1.54) is 18.9 Å². The molecule has 5 atom stereocenters. The van der Waals surface area contributed by atoms with Gasteiger partial charge in [-0.2, -0.15) is 26.3 Å². The van der Waals surface area contributed by atoms with Crippen LogP contribution in [0.2, 0.25) is 0 Å². The van der Waals surface area contributed by atoms with Gasteiger partial charge in [0.25, 0.3) is 0 Å². The number of nitrogens with zero attached hydrogens (tertiary/aromatic N) is 3. The van der Waals surface area contributed by atoms with Crippen LogP contribution in [0.1, 0.15) is 50.2 Å². The Kier molecular flexibility index (Phi) is 8.57. The van der Waals surface area contributed by atoms with Crippen LogP contribution in [0.3, 0.4) is 0 Å². The zero-order valence-corrected chi connectivity index (χ0v) is 24.1. The Balaban J connectivity index is 1.23. The largest absolute Gasteiger partial charge is 0.417 e. The van der Waals surface area contributed by atoms with Gasteiger partial charge in [-0.3, -0.25) is 9.59 Å². The van der Waals surface area contributed by atoms with E-state index < -0.39 is 71.7 Å². The molecule has 2 N–H and O–H groups in total. The average molecular weight is 637 g/mol. The number of amides is 4. The number of hydrogen-bond donors (Lipinski definition) is 2. The second kappa shape index (κ2) is 11.7. The Morgan fingerprint density at radius 2 is 1.77 bits per heavy atom. The molecule has 3 saturated heterocycles. The molecule has 244 valence electrons. The zero-order valence-electron chi connectivity index (χ0n) is 24.1. The molecular weight excluding hydrogens is 602 g/mol. The average Bonchev–Trinajstić information content (AvgIpc) is 3.88. The number of carbonyl (C=O) groups is 3. The number of carbonyl (C=O) groups excluding carboxylic acids is 3. The molecule has 3 aliphatic heterocycles. The van der Waals surface area contributed by atoms with Crippen LogP contribution in [0.15, 0.2) is 18.2 Å². The fourth-order valence-corrected chi connectivity index (χ4v) is 6.28. The molecule has 16 heteroatoms. The summed E-state index contributed by atoms with van der Waals surface area (Å²) in [7, 11) is 1.44. The Morgan fingerprint density at radius 1 is 1.09 bits per heavy atom. The highest BCUT2D eigenvalue weighted by Crippen LogP contribution is 2.53. The predicted molar refractivity (Wildman–Crippen MR) is 141 cm³/mol. The third-order valence-electron chi connectivity index (χ3n) is 9.21. The Labute approximate surface area is 249 Å². The van der Waals surface area contributed by atoms with Gasteiger partial charge in [0.1, 0.15) is 12.1 Å². The highest BCUT2D eigenvalue weighted by atomic mass is 19.4. The standard InChI is InChI=1S/C28H34F6N4O6/c1-15-23(41)38(12-11-37(15)25(42)35-16-3-4-17(27(29,30)31)18(13-16)28(32,33)34)19(22-24(43-2)44-22)5-6-21(40)36-10-9-26(7-8-26)20(39)14-36/h3-4,13,15,19-20,22,24,39H,5-12,14H2,1-2H3,(H,35,42). The normalized spacial score (nSPS) is 27.4. The van der Waals surface area contributed by atoms with Crippen LogP contribution < -0.4 is 5.32 Å². The number of nitrogens with one attached hydrogen (secondary N) is 1. The molecule has 5 unspecified atom stereocenters. The van der Waals surface area contributed by atoms with E-state index in [0.29, 0.717) is 12.6 Å². The van der Waals surface area contributed by atoms with Crippen LogP contribution in [0.5, 0.6) is 0 Å². The highest BCUT2D eigenvalue weighted by Gasteiger charge is 2.53. The van der Waals surface area contributed by atoms with Gasteiger partial charge in [-0.05, 0) is 56.2 Å². The Morgan fingerprint density at radius 3 is 2.34 bits per heavy atom. The van der Waals surface area contributed by atoms with Gasteiger partial charge >= 0.3 is 18.4 Å². The van der Waals surface area contributed by atoms with Gasteiger partial charge in [-0.15, -0.1) is 0 Å². The number of piperazine rings is 1. The van der Waals surface area contributed by atoms with Crippen molar-refractivity contribution in [1.82, 2.24) is 14.7 Å². The molecule has 44 heavy (non-hydrogen) atoms. The van der Waals surface area contributed by atoms with E-state index in [-0.39, 0.29) is 55.9 Å². The summed E-state index contributed by atoms with van der Waals surface area (Å²) in [5.74, 6) is -0.658. The number of alkyl halides is 6. The predicted octanol–water partition coefficient (Wildman–Crippen LogP) is 3.68. The van der Waals surface area contributed by atoms with Crippen molar-refractivity contribution in [2.75, 3.05) is 38.6 Å². The number of aliphatic hydroxyl groups excluding tert-OH is 1. The molecule has 1 saturated carbocycles. The Hall–Kier alpha value is -3.11. The maximum atomic E-state index is 13.5. The molecular formula is C28H34F6N4O6. The van der Waals surface area contributed by atoms with E-state index in [0.717, 1.165) is 24.2 Å². The van der Waals surface area contributed by atoms with Crippen LogP contribution in [0, 0.1) is 5.41 Å². The minimum atomic E-state index is -5.32. The van der Waals surface area contributed by atoms with Crippen molar-refractivity contribution in [2.45, 2.75) is 82.0 Å². The van der Waals surface area contributed by atoms with Crippen LogP contribution in [0.25, 0.3) is 0 Å². The number of likely N-dealkylation sites (tertiary alicyclic amines) is 1. The van der Waals surface area contributed by atoms with E-state index in [1.807, 2.05) is 0 Å². The molecule has 1 aromatic carbocycles. The van der Waals surface area contributed by atoms with Crippen LogP contribution in [-0.4, -0.2) is 102 Å². The van der Waals surface area contributed by atoms with Crippen LogP contribution in [-0.2, 0) is 31.4 Å². The van der Waals surface area contributed by atoms with Crippen molar-refractivity contribution < 1.29 is 55.3 Å². The number of piperidine rings is 1. The van der Waals surface area contributed by atoms with Gasteiger partial charge in [-0.25, -0.2) is 4.79 Å². The molecule has 1 spiro atoms. The molecule has 1 aromatic rings. The lowest BCUT2D eigenvalue weighted by atomic mass is 9.90. The number of methoxy groups -OCH3 is 1. The van der Waals surface area contributed by atoms with E-state index in [1.54, 1.807) is 4.90 Å². The lowest BCUT2D eigenvalue weighted by Crippen LogP contribution is -2.61. The number of hydrogen-bond acceptors (Lipinski definition) is 6. The molecule has 4 aliphatic rings. The number of epoxide rings is 1. The Bertz CT molecular complexity index is 1290. The summed E-state index contributed by atoms with van der Waals surface area (Å²) >= 11 is 0. The molecule has 0 radical (unpaired) electrons. The molecule has 4 amide bonds. The molecule has 0 aromatic heterocycles. The first-order valence-electron chi connectivity index (χ1n) is 14.4. The zero-order chi connectivity index (χ0) is 32.2. The summed E-state index contributed by atoms with van der Waals surface area (Å²) in [5.41, 5.74) is -4.41. The molecule has 1 aliphatic carbocycles. The van der Waals surface area contributed by atoms with Gasteiger partial charge in [0.05, 0.1) is 23.3 Å². The lowest BCUT2D eigenvalue weighted by Gasteiger charge is -2.42. The number of urea groups is 1. The second-order valence-electron chi connectivity index (χ2n) is 11.9. The quantitative estimate of drug-likeness (QED) is 0.349. The lowest BCUT2D eigenvalue weighted by molar-refractivity contribution is -0.162. The first-order valence-corrected chi connectivity index (χ1v) is 14.4. The summed E-state index contributed by atoms with van der Waals surface area (Å²) in [6.07, 6.45) is -9.28. The van der Waals surface area contributed by atoms with Gasteiger partial charge in [0.15, 0.2) is 6.29 Å². The minimum Gasteiger partial charge on any atom is -0.391 e. The highest BCUT2D eigenvalue weighted by molar-refractivity contribution is 5.94.